The largest absolute Gasteiger partial charge is 0.391 e. The van der Waals surface area contributed by atoms with Gasteiger partial charge in [-0.25, -0.2) is 4.79 Å². The van der Waals surface area contributed by atoms with Gasteiger partial charge in [-0.2, -0.15) is 0 Å². The zero-order valence-corrected chi connectivity index (χ0v) is 10.7. The number of nitrogens with one attached hydrogen (secondary N) is 2. The zero-order chi connectivity index (χ0) is 12.8. The number of aliphatic hydroxyl groups is 1. The second-order valence-corrected chi connectivity index (χ2v) is 4.27. The summed E-state index contributed by atoms with van der Waals surface area (Å²) in [5.41, 5.74) is 1.59. The number of rotatable bonds is 4. The summed E-state index contributed by atoms with van der Waals surface area (Å²) in [7, 11) is 0. The molecule has 0 saturated carbocycles. The van der Waals surface area contributed by atoms with E-state index in [4.69, 9.17) is 11.6 Å². The van der Waals surface area contributed by atoms with Gasteiger partial charge in [-0.1, -0.05) is 24.6 Å². The van der Waals surface area contributed by atoms with Crippen molar-refractivity contribution in [1.29, 1.82) is 0 Å². The van der Waals surface area contributed by atoms with Crippen LogP contribution >= 0.6 is 11.6 Å². The second-order valence-electron chi connectivity index (χ2n) is 3.86. The third-order valence-corrected chi connectivity index (χ3v) is 2.81. The van der Waals surface area contributed by atoms with Gasteiger partial charge in [0.15, 0.2) is 0 Å². The summed E-state index contributed by atoms with van der Waals surface area (Å²) < 4.78 is 0. The van der Waals surface area contributed by atoms with Crippen LogP contribution in [0.3, 0.4) is 0 Å². The summed E-state index contributed by atoms with van der Waals surface area (Å²) in [6.07, 6.45) is 0.0961. The Hall–Kier alpha value is -1.26. The molecule has 0 spiro atoms. The average molecular weight is 257 g/mol. The van der Waals surface area contributed by atoms with Crippen molar-refractivity contribution in [2.45, 2.75) is 26.4 Å². The first kappa shape index (κ1) is 13.8. The molecule has 3 N–H and O–H groups in total. The van der Waals surface area contributed by atoms with Crippen molar-refractivity contribution >= 4 is 23.3 Å². The summed E-state index contributed by atoms with van der Waals surface area (Å²) in [5, 5.41) is 15.1. The van der Waals surface area contributed by atoms with Crippen molar-refractivity contribution in [3.05, 3.63) is 28.8 Å². The van der Waals surface area contributed by atoms with E-state index in [1.54, 1.807) is 12.1 Å². The summed E-state index contributed by atoms with van der Waals surface area (Å²) >= 11 is 5.94. The minimum atomic E-state index is -0.512. The Balaban J connectivity index is 2.48. The molecule has 1 atom stereocenters. The third-order valence-electron chi connectivity index (χ3n) is 2.40. The maximum absolute atomic E-state index is 11.5. The Morgan fingerprint density at radius 3 is 2.82 bits per heavy atom. The summed E-state index contributed by atoms with van der Waals surface area (Å²) in [6.45, 7) is 3.98. The fraction of sp³-hybridized carbons (Fsp3) is 0.417. The second kappa shape index (κ2) is 6.47. The fourth-order valence-corrected chi connectivity index (χ4v) is 1.38. The van der Waals surface area contributed by atoms with E-state index in [1.807, 2.05) is 19.9 Å². The van der Waals surface area contributed by atoms with Crippen molar-refractivity contribution in [2.75, 3.05) is 11.9 Å². The van der Waals surface area contributed by atoms with Gasteiger partial charge in [0.1, 0.15) is 0 Å². The standard InChI is InChI=1S/C12H17ClN2O2/c1-3-10(16)7-14-12(17)15-9-5-4-8(2)11(13)6-9/h4-6,10,16H,3,7H2,1-2H3,(H2,14,15,17). The molecule has 0 saturated heterocycles. The van der Waals surface area contributed by atoms with Gasteiger partial charge in [-0.05, 0) is 31.0 Å². The molecule has 0 aliphatic carbocycles. The van der Waals surface area contributed by atoms with Crippen LogP contribution in [0.1, 0.15) is 18.9 Å². The maximum atomic E-state index is 11.5. The monoisotopic (exact) mass is 256 g/mol. The number of hydrogen-bond donors (Lipinski definition) is 3. The van der Waals surface area contributed by atoms with E-state index in [9.17, 15) is 9.90 Å². The SMILES string of the molecule is CCC(O)CNC(=O)Nc1ccc(C)c(Cl)c1. The van der Waals surface area contributed by atoms with E-state index >= 15 is 0 Å². The molecule has 4 nitrogen and oxygen atoms in total. The molecule has 1 unspecified atom stereocenters. The molecular formula is C12H17ClN2O2. The summed E-state index contributed by atoms with van der Waals surface area (Å²) in [5.74, 6) is 0. The smallest absolute Gasteiger partial charge is 0.319 e. The van der Waals surface area contributed by atoms with Crippen LogP contribution in [0.25, 0.3) is 0 Å². The van der Waals surface area contributed by atoms with Gasteiger partial charge in [0, 0.05) is 17.3 Å². The molecule has 0 heterocycles. The Morgan fingerprint density at radius 1 is 1.53 bits per heavy atom. The Kier molecular flexibility index (Phi) is 5.25. The van der Waals surface area contributed by atoms with Gasteiger partial charge in [-0.15, -0.1) is 0 Å². The van der Waals surface area contributed by atoms with Crippen LogP contribution in [0.4, 0.5) is 10.5 Å². The highest BCUT2D eigenvalue weighted by Gasteiger charge is 2.05. The van der Waals surface area contributed by atoms with Gasteiger partial charge < -0.3 is 15.7 Å². The van der Waals surface area contributed by atoms with Crippen LogP contribution in [0, 0.1) is 6.92 Å². The number of hydrogen-bond acceptors (Lipinski definition) is 2. The van der Waals surface area contributed by atoms with Crippen molar-refractivity contribution in [3.8, 4) is 0 Å². The number of aliphatic hydroxyl groups excluding tert-OH is 1. The Labute approximate surface area is 106 Å². The summed E-state index contributed by atoms with van der Waals surface area (Å²) in [4.78, 5) is 11.5. The van der Waals surface area contributed by atoms with Crippen molar-refractivity contribution < 1.29 is 9.90 Å². The number of benzene rings is 1. The molecule has 0 aliphatic rings. The highest BCUT2D eigenvalue weighted by molar-refractivity contribution is 6.31. The summed E-state index contributed by atoms with van der Waals surface area (Å²) in [6, 6.07) is 4.94. The predicted octanol–water partition coefficient (Wildman–Crippen LogP) is 2.54. The Morgan fingerprint density at radius 2 is 2.24 bits per heavy atom. The highest BCUT2D eigenvalue weighted by Crippen LogP contribution is 2.19. The van der Waals surface area contributed by atoms with Crippen LogP contribution < -0.4 is 10.6 Å². The van der Waals surface area contributed by atoms with Crippen molar-refractivity contribution in [1.82, 2.24) is 5.32 Å². The van der Waals surface area contributed by atoms with E-state index < -0.39 is 6.10 Å². The van der Waals surface area contributed by atoms with Gasteiger partial charge >= 0.3 is 6.03 Å². The fourth-order valence-electron chi connectivity index (χ4n) is 1.20. The third kappa shape index (κ3) is 4.63. The average Bonchev–Trinajstić information content (AvgIpc) is 2.31. The molecule has 1 aromatic rings. The Bertz CT molecular complexity index is 396. The topological polar surface area (TPSA) is 61.4 Å². The highest BCUT2D eigenvalue weighted by atomic mass is 35.5. The first-order valence-electron chi connectivity index (χ1n) is 5.52. The lowest BCUT2D eigenvalue weighted by atomic mass is 10.2. The number of aryl methyl sites for hydroxylation is 1. The minimum absolute atomic E-state index is 0.238. The quantitative estimate of drug-likeness (QED) is 0.775. The molecule has 0 aromatic heterocycles. The van der Waals surface area contributed by atoms with Crippen molar-refractivity contribution in [2.24, 2.45) is 0 Å². The van der Waals surface area contributed by atoms with Crippen LogP contribution in [0.15, 0.2) is 18.2 Å². The number of carbonyl (C=O) groups excluding carboxylic acids is 1. The lowest BCUT2D eigenvalue weighted by molar-refractivity contribution is 0.168. The maximum Gasteiger partial charge on any atom is 0.319 e. The van der Waals surface area contributed by atoms with E-state index in [1.165, 1.54) is 0 Å². The van der Waals surface area contributed by atoms with Gasteiger partial charge in [0.25, 0.3) is 0 Å². The molecule has 0 fully saturated rings. The first-order valence-corrected chi connectivity index (χ1v) is 5.89. The molecule has 0 radical (unpaired) electrons. The molecule has 1 aromatic carbocycles. The van der Waals surface area contributed by atoms with Gasteiger partial charge in [0.2, 0.25) is 0 Å². The van der Waals surface area contributed by atoms with E-state index in [-0.39, 0.29) is 12.6 Å². The van der Waals surface area contributed by atoms with Crippen LogP contribution in [-0.2, 0) is 0 Å². The molecule has 2 amide bonds. The van der Waals surface area contributed by atoms with Crippen LogP contribution in [0.2, 0.25) is 5.02 Å². The lowest BCUT2D eigenvalue weighted by Crippen LogP contribution is -2.34. The number of urea groups is 1. The first-order chi connectivity index (χ1) is 8.02. The van der Waals surface area contributed by atoms with E-state index in [0.29, 0.717) is 17.1 Å². The number of halogens is 1. The predicted molar refractivity (Wildman–Crippen MR) is 69.5 cm³/mol. The number of carbonyl (C=O) groups is 1. The molecule has 94 valence electrons. The molecular weight excluding hydrogens is 240 g/mol. The zero-order valence-electron chi connectivity index (χ0n) is 9.96. The van der Waals surface area contributed by atoms with Crippen LogP contribution in [0.5, 0.6) is 0 Å². The lowest BCUT2D eigenvalue weighted by Gasteiger charge is -2.11. The number of anilines is 1. The normalized spacial score (nSPS) is 12.0. The molecule has 1 rings (SSSR count). The molecule has 0 bridgehead atoms. The van der Waals surface area contributed by atoms with E-state index in [0.717, 1.165) is 5.56 Å². The van der Waals surface area contributed by atoms with Crippen LogP contribution in [-0.4, -0.2) is 23.8 Å². The van der Waals surface area contributed by atoms with Gasteiger partial charge in [-0.3, -0.25) is 0 Å². The van der Waals surface area contributed by atoms with E-state index in [2.05, 4.69) is 10.6 Å². The van der Waals surface area contributed by atoms with Gasteiger partial charge in [0.05, 0.1) is 6.10 Å². The molecule has 5 heteroatoms. The molecule has 0 aliphatic heterocycles. The van der Waals surface area contributed by atoms with Crippen molar-refractivity contribution in [3.63, 3.8) is 0 Å². The minimum Gasteiger partial charge on any atom is -0.391 e. The molecule has 17 heavy (non-hydrogen) atoms. The number of amides is 2.